The number of benzene rings is 1. The number of nitrogens with zero attached hydrogens (tertiary/aromatic N) is 2. The number of nitrogens with one attached hydrogen (secondary N) is 1. The molecule has 6 nitrogen and oxygen atoms in total. The number of likely N-dealkylation sites (tertiary alicyclic amines) is 1. The Labute approximate surface area is 143 Å². The molecule has 1 atom stereocenters. The van der Waals surface area contributed by atoms with Crippen LogP contribution in [-0.2, 0) is 27.8 Å². The van der Waals surface area contributed by atoms with Crippen LogP contribution < -0.4 is 4.72 Å². The average molecular weight is 349 g/mol. The Morgan fingerprint density at radius 3 is 2.25 bits per heavy atom. The van der Waals surface area contributed by atoms with Crippen LogP contribution in [0.15, 0.2) is 24.3 Å². The number of fused-ring (bicyclic) bond motifs is 1. The van der Waals surface area contributed by atoms with E-state index < -0.39 is 10.2 Å². The highest BCUT2D eigenvalue weighted by molar-refractivity contribution is 7.87. The molecule has 4 rings (SSSR count). The molecule has 1 unspecified atom stereocenters. The first-order valence-corrected chi connectivity index (χ1v) is 10.1. The Bertz CT molecular complexity index is 718. The summed E-state index contributed by atoms with van der Waals surface area (Å²) in [6, 6.07) is 8.13. The van der Waals surface area contributed by atoms with Gasteiger partial charge in [-0.15, -0.1) is 0 Å². The maximum atomic E-state index is 12.4. The monoisotopic (exact) mass is 349 g/mol. The first kappa shape index (κ1) is 16.1. The highest BCUT2D eigenvalue weighted by Crippen LogP contribution is 2.28. The van der Waals surface area contributed by atoms with Crippen LogP contribution in [0, 0.1) is 0 Å². The highest BCUT2D eigenvalue weighted by atomic mass is 32.2. The highest BCUT2D eigenvalue weighted by Gasteiger charge is 2.39. The number of hydrogen-bond donors (Lipinski definition) is 1. The van der Waals surface area contributed by atoms with Gasteiger partial charge in [0.15, 0.2) is 0 Å². The second-order valence-electron chi connectivity index (χ2n) is 7.01. The molecule has 3 aliphatic rings. The SMILES string of the molecule is O=C1CC(NS(=O)(=O)N2CCCC2)CN1C1Cc2ccccc2C1. The predicted octanol–water partition coefficient (Wildman–Crippen LogP) is 0.685. The van der Waals surface area contributed by atoms with E-state index in [1.54, 1.807) is 0 Å². The molecule has 0 saturated carbocycles. The van der Waals surface area contributed by atoms with Gasteiger partial charge in [0, 0.05) is 38.1 Å². The Morgan fingerprint density at radius 2 is 1.62 bits per heavy atom. The second kappa shape index (κ2) is 6.13. The third-order valence-electron chi connectivity index (χ3n) is 5.35. The molecule has 0 spiro atoms. The normalized spacial score (nSPS) is 25.6. The molecule has 1 aromatic carbocycles. The fraction of sp³-hybridized carbons (Fsp3) is 0.588. The zero-order valence-corrected chi connectivity index (χ0v) is 14.5. The van der Waals surface area contributed by atoms with Crippen molar-refractivity contribution in [2.45, 2.75) is 44.2 Å². The van der Waals surface area contributed by atoms with Gasteiger partial charge in [0.2, 0.25) is 5.91 Å². The van der Waals surface area contributed by atoms with Crippen LogP contribution >= 0.6 is 0 Å². The molecule has 2 heterocycles. The van der Waals surface area contributed by atoms with Gasteiger partial charge in [-0.1, -0.05) is 24.3 Å². The van der Waals surface area contributed by atoms with Gasteiger partial charge in [-0.3, -0.25) is 4.79 Å². The summed E-state index contributed by atoms with van der Waals surface area (Å²) in [6.07, 6.45) is 3.83. The maximum Gasteiger partial charge on any atom is 0.279 e. The van der Waals surface area contributed by atoms with E-state index in [-0.39, 0.29) is 24.4 Å². The standard InChI is InChI=1S/C17H23N3O3S/c21-17-11-15(18-24(22,23)19-7-3-4-8-19)12-20(17)16-9-13-5-1-2-6-14(13)10-16/h1-2,5-6,15-16,18H,3-4,7-12H2. The van der Waals surface area contributed by atoms with Gasteiger partial charge in [0.05, 0.1) is 0 Å². The van der Waals surface area contributed by atoms with E-state index in [0.29, 0.717) is 19.6 Å². The van der Waals surface area contributed by atoms with Crippen molar-refractivity contribution < 1.29 is 13.2 Å². The molecule has 0 bridgehead atoms. The molecular formula is C17H23N3O3S. The summed E-state index contributed by atoms with van der Waals surface area (Å²) in [4.78, 5) is 14.3. The summed E-state index contributed by atoms with van der Waals surface area (Å²) in [7, 11) is -3.46. The zero-order valence-electron chi connectivity index (χ0n) is 13.6. The quantitative estimate of drug-likeness (QED) is 0.869. The minimum atomic E-state index is -3.46. The fourth-order valence-corrected chi connectivity index (χ4v) is 5.60. The Kier molecular flexibility index (Phi) is 4.10. The lowest BCUT2D eigenvalue weighted by atomic mass is 10.1. The molecule has 7 heteroatoms. The van der Waals surface area contributed by atoms with E-state index in [2.05, 4.69) is 16.9 Å². The Balaban J connectivity index is 1.41. The summed E-state index contributed by atoms with van der Waals surface area (Å²) < 4.78 is 29.0. The zero-order chi connectivity index (χ0) is 16.7. The van der Waals surface area contributed by atoms with E-state index in [1.807, 2.05) is 17.0 Å². The number of carbonyl (C=O) groups is 1. The van der Waals surface area contributed by atoms with Crippen molar-refractivity contribution in [1.29, 1.82) is 0 Å². The first-order chi connectivity index (χ1) is 11.5. The predicted molar refractivity (Wildman–Crippen MR) is 90.6 cm³/mol. The molecule has 1 aliphatic carbocycles. The molecular weight excluding hydrogens is 326 g/mol. The second-order valence-corrected chi connectivity index (χ2v) is 8.71. The van der Waals surface area contributed by atoms with Gasteiger partial charge in [-0.05, 0) is 36.8 Å². The fourth-order valence-electron chi connectivity index (χ4n) is 4.13. The third kappa shape index (κ3) is 2.96. The van der Waals surface area contributed by atoms with Crippen LogP contribution in [0.2, 0.25) is 0 Å². The van der Waals surface area contributed by atoms with Crippen molar-refractivity contribution in [2.24, 2.45) is 0 Å². The maximum absolute atomic E-state index is 12.4. The molecule has 1 aromatic rings. The van der Waals surface area contributed by atoms with Crippen LogP contribution in [0.1, 0.15) is 30.4 Å². The van der Waals surface area contributed by atoms with Crippen molar-refractivity contribution >= 4 is 16.1 Å². The number of carbonyl (C=O) groups excluding carboxylic acids is 1. The molecule has 1 amide bonds. The van der Waals surface area contributed by atoms with Gasteiger partial charge in [0.25, 0.3) is 10.2 Å². The summed E-state index contributed by atoms with van der Waals surface area (Å²) in [5, 5.41) is 0. The van der Waals surface area contributed by atoms with Gasteiger partial charge in [0.1, 0.15) is 0 Å². The third-order valence-corrected chi connectivity index (χ3v) is 7.03. The van der Waals surface area contributed by atoms with Gasteiger partial charge in [-0.25, -0.2) is 0 Å². The number of rotatable bonds is 4. The van der Waals surface area contributed by atoms with Crippen molar-refractivity contribution in [2.75, 3.05) is 19.6 Å². The van der Waals surface area contributed by atoms with E-state index in [4.69, 9.17) is 0 Å². The minimum absolute atomic E-state index is 0.0573. The summed E-state index contributed by atoms with van der Waals surface area (Å²) in [5.41, 5.74) is 2.60. The van der Waals surface area contributed by atoms with E-state index in [9.17, 15) is 13.2 Å². The molecule has 0 aromatic heterocycles. The molecule has 2 saturated heterocycles. The Morgan fingerprint density at radius 1 is 1.00 bits per heavy atom. The first-order valence-electron chi connectivity index (χ1n) is 8.66. The Hall–Kier alpha value is -1.44. The lowest BCUT2D eigenvalue weighted by Crippen LogP contribution is -2.46. The van der Waals surface area contributed by atoms with Crippen LogP contribution in [-0.4, -0.2) is 55.2 Å². The minimum Gasteiger partial charge on any atom is -0.337 e. The molecule has 2 aliphatic heterocycles. The topological polar surface area (TPSA) is 69.7 Å². The van der Waals surface area contributed by atoms with Crippen molar-refractivity contribution in [3.05, 3.63) is 35.4 Å². The van der Waals surface area contributed by atoms with Gasteiger partial charge in [-0.2, -0.15) is 17.4 Å². The van der Waals surface area contributed by atoms with Gasteiger partial charge >= 0.3 is 0 Å². The molecule has 130 valence electrons. The van der Waals surface area contributed by atoms with E-state index in [1.165, 1.54) is 15.4 Å². The summed E-state index contributed by atoms with van der Waals surface area (Å²) in [5.74, 6) is 0.0573. The molecule has 0 radical (unpaired) electrons. The average Bonchev–Trinajstić information content (AvgIpc) is 3.25. The van der Waals surface area contributed by atoms with E-state index >= 15 is 0 Å². The largest absolute Gasteiger partial charge is 0.337 e. The number of amides is 1. The van der Waals surface area contributed by atoms with Crippen molar-refractivity contribution in [1.82, 2.24) is 13.9 Å². The van der Waals surface area contributed by atoms with E-state index in [0.717, 1.165) is 25.7 Å². The van der Waals surface area contributed by atoms with Crippen LogP contribution in [0.25, 0.3) is 0 Å². The molecule has 1 N–H and O–H groups in total. The lowest BCUT2D eigenvalue weighted by Gasteiger charge is -2.25. The molecule has 24 heavy (non-hydrogen) atoms. The van der Waals surface area contributed by atoms with Crippen molar-refractivity contribution in [3.63, 3.8) is 0 Å². The molecule has 2 fully saturated rings. The van der Waals surface area contributed by atoms with Crippen LogP contribution in [0.5, 0.6) is 0 Å². The summed E-state index contributed by atoms with van der Waals surface area (Å²) >= 11 is 0. The van der Waals surface area contributed by atoms with Gasteiger partial charge < -0.3 is 4.90 Å². The van der Waals surface area contributed by atoms with Crippen molar-refractivity contribution in [3.8, 4) is 0 Å². The van der Waals surface area contributed by atoms with Crippen LogP contribution in [0.3, 0.4) is 0 Å². The van der Waals surface area contributed by atoms with Crippen LogP contribution in [0.4, 0.5) is 0 Å². The summed E-state index contributed by atoms with van der Waals surface area (Å²) in [6.45, 7) is 1.64. The smallest absolute Gasteiger partial charge is 0.279 e. The number of hydrogen-bond acceptors (Lipinski definition) is 3. The lowest BCUT2D eigenvalue weighted by molar-refractivity contribution is -0.129.